The van der Waals surface area contributed by atoms with Crippen molar-refractivity contribution >= 4 is 57.2 Å². The van der Waals surface area contributed by atoms with E-state index in [4.69, 9.17) is 0 Å². The Morgan fingerprint density at radius 1 is 0.173 bits per heavy atom. The predicted octanol–water partition coefficient (Wildman–Crippen LogP) is 34.6. The minimum Gasteiger partial charge on any atom is -0.310 e. The van der Waals surface area contributed by atoms with Crippen molar-refractivity contribution in [3.05, 3.63) is 502 Å². The Kier molecular flexibility index (Phi) is 22.1. The van der Waals surface area contributed by atoms with E-state index in [1.807, 2.05) is 0 Å². The van der Waals surface area contributed by atoms with Gasteiger partial charge in [0.2, 0.25) is 0 Å². The van der Waals surface area contributed by atoms with Gasteiger partial charge in [-0.1, -0.05) is 475 Å². The van der Waals surface area contributed by atoms with Crippen LogP contribution in [0.1, 0.15) is 79.0 Å². The van der Waals surface area contributed by atoms with Gasteiger partial charge in [-0.2, -0.15) is 0 Å². The summed E-state index contributed by atoms with van der Waals surface area (Å²) in [5.41, 5.74) is 45.9. The molecule has 0 aliphatic carbocycles. The van der Waals surface area contributed by atoms with Crippen molar-refractivity contribution in [2.24, 2.45) is 0 Å². The lowest BCUT2D eigenvalue weighted by Crippen LogP contribution is -2.61. The molecule has 0 saturated carbocycles. The zero-order valence-electron chi connectivity index (χ0n) is 80.1. The van der Waals surface area contributed by atoms with Crippen LogP contribution in [0.25, 0.3) is 168 Å². The third-order valence-corrected chi connectivity index (χ3v) is 28.3. The summed E-state index contributed by atoms with van der Waals surface area (Å²) in [5, 5.41) is 0. The van der Waals surface area contributed by atoms with Crippen LogP contribution in [0.5, 0.6) is 0 Å². The monoisotopic (exact) mass is 1780 g/mol. The molecule has 19 aromatic carbocycles. The van der Waals surface area contributed by atoms with Gasteiger partial charge in [0.15, 0.2) is 0 Å². The van der Waals surface area contributed by atoms with E-state index < -0.39 is 12.1 Å². The van der Waals surface area contributed by atoms with Gasteiger partial charge in [-0.25, -0.2) is 0 Å². The van der Waals surface area contributed by atoms with Gasteiger partial charge in [0.1, 0.15) is 0 Å². The molecule has 0 N–H and O–H groups in total. The number of fused-ring (bicyclic) bond motifs is 4. The molecule has 2 aliphatic heterocycles. The molecule has 2 aromatic heterocycles. The summed E-state index contributed by atoms with van der Waals surface area (Å²) in [6.07, 6.45) is 0. The van der Waals surface area contributed by atoms with E-state index >= 15 is 0 Å². The smallest absolute Gasteiger partial charge is 0.252 e. The van der Waals surface area contributed by atoms with E-state index in [-0.39, 0.29) is 10.8 Å². The highest BCUT2D eigenvalue weighted by Crippen LogP contribution is 2.59. The zero-order chi connectivity index (χ0) is 94.2. The number of hydrogen-bond donors (Lipinski definition) is 0. The van der Waals surface area contributed by atoms with E-state index in [1.54, 1.807) is 0 Å². The fourth-order valence-electron chi connectivity index (χ4n) is 21.6. The van der Waals surface area contributed by atoms with Crippen molar-refractivity contribution in [1.82, 2.24) is 9.13 Å². The topological polar surface area (TPSA) is 16.3 Å². The number of benzene rings is 19. The Balaban J connectivity index is 0.932. The van der Waals surface area contributed by atoms with Crippen LogP contribution in [0.2, 0.25) is 0 Å². The maximum absolute atomic E-state index is 2.78. The Hall–Kier alpha value is -16.6. The zero-order valence-corrected chi connectivity index (χ0v) is 80.1. The highest BCUT2D eigenvalue weighted by Gasteiger charge is 2.48. The molecule has 0 radical (unpaired) electrons. The molecular weight excluding hydrogens is 1680 g/mol. The van der Waals surface area contributed by atoms with Gasteiger partial charge in [-0.15, -0.1) is 0 Å². The molecule has 23 rings (SSSR count). The Morgan fingerprint density at radius 2 is 0.388 bits per heavy atom. The highest BCUT2D eigenvalue weighted by molar-refractivity contribution is 7.00. The minimum absolute atomic E-state index is 0.308. The van der Waals surface area contributed by atoms with Crippen molar-refractivity contribution < 1.29 is 0 Å². The molecule has 21 aromatic rings. The fraction of sp³-hybridized carbons (Fsp3) is 0.0896. The molecule has 0 amide bonds. The number of hydrogen-bond acceptors (Lipinski definition) is 2. The molecule has 0 spiro atoms. The lowest BCUT2D eigenvalue weighted by Gasteiger charge is -2.47. The van der Waals surface area contributed by atoms with Gasteiger partial charge >= 0.3 is 0 Å². The Bertz CT molecular complexity index is 7470. The van der Waals surface area contributed by atoms with E-state index in [0.29, 0.717) is 0 Å². The van der Waals surface area contributed by atoms with Crippen LogP contribution < -0.4 is 26.2 Å². The molecule has 666 valence electrons. The van der Waals surface area contributed by atoms with Gasteiger partial charge < -0.3 is 18.9 Å². The molecule has 4 heterocycles. The number of anilines is 6. The van der Waals surface area contributed by atoms with Gasteiger partial charge in [0.25, 0.3) is 6.71 Å². The largest absolute Gasteiger partial charge is 0.310 e. The fourth-order valence-corrected chi connectivity index (χ4v) is 21.6. The summed E-state index contributed by atoms with van der Waals surface area (Å²) in [7, 11) is 0. The lowest BCUT2D eigenvalue weighted by atomic mass is 9.33. The lowest BCUT2D eigenvalue weighted by molar-refractivity contribution is 0.590. The normalized spacial score (nSPS) is 12.3. The van der Waals surface area contributed by atoms with E-state index in [2.05, 4.69) is 567 Å². The summed E-state index contributed by atoms with van der Waals surface area (Å²) in [6.45, 7) is 21.1. The predicted molar refractivity (Wildman–Crippen MR) is 591 cm³/mol. The number of aromatic nitrogens is 2. The quantitative estimate of drug-likeness (QED) is 0.0796. The molecule has 0 saturated heterocycles. The van der Waals surface area contributed by atoms with Crippen LogP contribution in [0, 0.1) is 0 Å². The van der Waals surface area contributed by atoms with E-state index in [0.717, 1.165) is 213 Å². The minimum atomic E-state index is -0.469. The maximum atomic E-state index is 2.78. The van der Waals surface area contributed by atoms with Crippen molar-refractivity contribution in [2.45, 2.75) is 78.6 Å². The number of nitrogens with zero attached hydrogens (tertiary/aromatic N) is 4. The molecule has 0 unspecified atom stereocenters. The number of rotatable bonds is 18. The van der Waals surface area contributed by atoms with Crippen molar-refractivity contribution in [2.75, 3.05) is 9.80 Å². The average Bonchev–Trinajstić information content (AvgIpc) is 1.03. The first-order valence-corrected chi connectivity index (χ1v) is 48.8. The van der Waals surface area contributed by atoms with Gasteiger partial charge in [0.05, 0.1) is 34.2 Å². The SMILES string of the molecule is CC(C)(C)c1cc(-c2ccccc2)c(N2c3cc(-n4c(-c5ccccc5)c(-c5ccccc5)c(-c5ccccc5)c4-c4ccccc4)ccc3B3c4ccc(-n5c(-c6ccccc6)c(-c6ccccc6)c(-c6ccccc6)c5-c5ccccc5)cc4N(c4c(-c5ccccc5)cc(C(C)(C)C)cc4-c4cccc(-c5ccccc5)c4)c4cc(C(C)(C)C)cc2c43)c(-c2cccc(-c3ccccc3)c2)c1. The second-order valence-corrected chi connectivity index (χ2v) is 40.2. The second kappa shape index (κ2) is 35.6. The van der Waals surface area contributed by atoms with Crippen LogP contribution in [-0.4, -0.2) is 15.8 Å². The maximum Gasteiger partial charge on any atom is 0.252 e. The van der Waals surface area contributed by atoms with Crippen LogP contribution in [0.4, 0.5) is 34.1 Å². The van der Waals surface area contributed by atoms with Crippen LogP contribution in [-0.2, 0) is 16.2 Å². The summed E-state index contributed by atoms with van der Waals surface area (Å²) in [4.78, 5) is 5.56. The first-order chi connectivity index (χ1) is 67.9. The first-order valence-electron chi connectivity index (χ1n) is 48.8. The van der Waals surface area contributed by atoms with Crippen LogP contribution in [0.15, 0.2) is 485 Å². The molecule has 0 fully saturated rings. The molecule has 139 heavy (non-hydrogen) atoms. The average molecular weight is 1780 g/mol. The molecule has 5 heteroatoms. The summed E-state index contributed by atoms with van der Waals surface area (Å²) >= 11 is 0. The van der Waals surface area contributed by atoms with E-state index in [9.17, 15) is 0 Å². The van der Waals surface area contributed by atoms with Gasteiger partial charge in [-0.3, -0.25) is 0 Å². The van der Waals surface area contributed by atoms with Crippen molar-refractivity contribution in [1.29, 1.82) is 0 Å². The third kappa shape index (κ3) is 15.8. The van der Waals surface area contributed by atoms with Crippen LogP contribution >= 0.6 is 0 Å². The van der Waals surface area contributed by atoms with Gasteiger partial charge in [0, 0.05) is 78.6 Å². The van der Waals surface area contributed by atoms with Crippen molar-refractivity contribution in [3.8, 4) is 168 Å². The second-order valence-electron chi connectivity index (χ2n) is 40.2. The standard InChI is InChI=1S/C134H107BN4/c1-132(2,3)106-82-111(92-52-26-12-27-53-92)130(113(84-106)104-74-46-72-102(80-104)90-48-22-10-23-49-90)138-117-88-109(136-126(98-64-38-18-39-65-98)121(94-56-30-14-31-57-94)122(95-58-32-15-33-59-95)127(136)99-66-40-19-41-67-99)76-78-115(117)135-116-79-77-110(137-128(100-68-42-20-43-69-100)123(96-60-34-16-35-61-96)124(97-62-36-17-37-63-97)129(137)101-70-44-21-45-71-101)89-118(116)139(120-87-108(134(7,8)9)86-119(138)125(120)135)131-112(93-54-28-13-29-55-93)83-107(133(4,5)6)85-114(131)105-75-47-73-103(81-105)91-50-24-11-25-51-91/h10-89H,1-9H3. The molecule has 2 aliphatic rings. The molecule has 4 nitrogen and oxygen atoms in total. The Morgan fingerprint density at radius 3 is 0.647 bits per heavy atom. The molecule has 0 bridgehead atoms. The van der Waals surface area contributed by atoms with Crippen molar-refractivity contribution in [3.63, 3.8) is 0 Å². The first kappa shape index (κ1) is 86.5. The highest BCUT2D eigenvalue weighted by atomic mass is 15.2. The Labute approximate surface area is 818 Å². The van der Waals surface area contributed by atoms with Gasteiger partial charge in [-0.05, 0) is 211 Å². The molecular formula is C134H107BN4. The van der Waals surface area contributed by atoms with Crippen LogP contribution in [0.3, 0.4) is 0 Å². The van der Waals surface area contributed by atoms with E-state index in [1.165, 1.54) is 22.2 Å². The summed E-state index contributed by atoms with van der Waals surface area (Å²) < 4.78 is 5.27. The molecule has 0 atom stereocenters. The summed E-state index contributed by atoms with van der Waals surface area (Å²) in [5.74, 6) is 0. The third-order valence-electron chi connectivity index (χ3n) is 28.3. The summed E-state index contributed by atoms with van der Waals surface area (Å²) in [6, 6.07) is 183.